The van der Waals surface area contributed by atoms with Gasteiger partial charge in [-0.2, -0.15) is 0 Å². The number of aromatic amines is 1. The number of likely N-dealkylation sites (tertiary alicyclic amines) is 1. The van der Waals surface area contributed by atoms with Crippen molar-refractivity contribution in [2.45, 2.75) is 39.5 Å². The summed E-state index contributed by atoms with van der Waals surface area (Å²) in [5.41, 5.74) is 5.02. The number of nitrogens with zero attached hydrogens (tertiary/aromatic N) is 4. The summed E-state index contributed by atoms with van der Waals surface area (Å²) in [7, 11) is 0. The standard InChI is InChI=1S/C24H29N5O/c1-5-28-10-8-19(9-11-28)20-6-7-22-27-21(13-23(30)29(22)15-20)16(2)12-17(3)24-25-14-18(4)26-24/h6-7,12-15,19H,2,5,8-11H2,1,3-4H3,(H,25,26)/b17-12-. The minimum atomic E-state index is -0.0797. The minimum absolute atomic E-state index is 0.0797. The molecule has 1 aliphatic heterocycles. The number of fused-ring (bicyclic) bond motifs is 1. The first-order valence-electron chi connectivity index (χ1n) is 10.6. The molecule has 1 fully saturated rings. The molecule has 3 aromatic rings. The van der Waals surface area contributed by atoms with Gasteiger partial charge in [-0.05, 0) is 81.1 Å². The number of imidazole rings is 1. The molecule has 0 amide bonds. The van der Waals surface area contributed by atoms with Crippen LogP contribution in [0, 0.1) is 6.92 Å². The Balaban J connectivity index is 1.60. The van der Waals surface area contributed by atoms with Crippen molar-refractivity contribution in [1.29, 1.82) is 0 Å². The maximum absolute atomic E-state index is 12.8. The van der Waals surface area contributed by atoms with Crippen molar-refractivity contribution in [3.63, 3.8) is 0 Å². The largest absolute Gasteiger partial charge is 0.342 e. The Hall–Kier alpha value is -2.99. The Morgan fingerprint density at radius 3 is 2.77 bits per heavy atom. The molecule has 0 spiro atoms. The topological polar surface area (TPSA) is 66.3 Å². The lowest BCUT2D eigenvalue weighted by Crippen LogP contribution is -2.32. The monoisotopic (exact) mass is 403 g/mol. The maximum Gasteiger partial charge on any atom is 0.258 e. The van der Waals surface area contributed by atoms with Crippen LogP contribution in [-0.4, -0.2) is 43.9 Å². The number of hydrogen-bond acceptors (Lipinski definition) is 4. The molecule has 156 valence electrons. The second kappa shape index (κ2) is 8.40. The number of H-pyrrole nitrogens is 1. The molecule has 3 aromatic heterocycles. The van der Waals surface area contributed by atoms with E-state index in [1.807, 2.05) is 32.2 Å². The molecule has 4 heterocycles. The second-order valence-electron chi connectivity index (χ2n) is 8.15. The maximum atomic E-state index is 12.8. The van der Waals surface area contributed by atoms with Crippen molar-refractivity contribution in [3.8, 4) is 0 Å². The molecule has 0 radical (unpaired) electrons. The van der Waals surface area contributed by atoms with Crippen LogP contribution in [0.15, 0.2) is 48.0 Å². The quantitative estimate of drug-likeness (QED) is 0.653. The van der Waals surface area contributed by atoms with Crippen LogP contribution in [0.3, 0.4) is 0 Å². The molecule has 1 N–H and O–H groups in total. The SMILES string of the molecule is C=C(/C=C(/C)c1ncc(C)[nH]1)c1cc(=O)n2cc(C3CCN(CC)CC3)ccc2n1. The number of piperidine rings is 1. The lowest BCUT2D eigenvalue weighted by molar-refractivity contribution is 0.222. The number of aryl methyl sites for hydroxylation is 1. The van der Waals surface area contributed by atoms with Crippen LogP contribution in [0.2, 0.25) is 0 Å². The molecular weight excluding hydrogens is 374 g/mol. The summed E-state index contributed by atoms with van der Waals surface area (Å²) in [6, 6.07) is 5.63. The molecule has 6 nitrogen and oxygen atoms in total. The average molecular weight is 404 g/mol. The van der Waals surface area contributed by atoms with Crippen LogP contribution < -0.4 is 5.56 Å². The molecule has 0 unspecified atom stereocenters. The minimum Gasteiger partial charge on any atom is -0.342 e. The van der Waals surface area contributed by atoms with Gasteiger partial charge in [-0.25, -0.2) is 9.97 Å². The number of allylic oxidation sites excluding steroid dienone is 3. The third kappa shape index (κ3) is 4.14. The van der Waals surface area contributed by atoms with Gasteiger partial charge in [0, 0.05) is 24.2 Å². The highest BCUT2D eigenvalue weighted by Gasteiger charge is 2.20. The van der Waals surface area contributed by atoms with Crippen molar-refractivity contribution in [1.82, 2.24) is 24.3 Å². The Morgan fingerprint density at radius 2 is 2.10 bits per heavy atom. The zero-order valence-corrected chi connectivity index (χ0v) is 18.0. The Morgan fingerprint density at radius 1 is 1.33 bits per heavy atom. The van der Waals surface area contributed by atoms with Crippen LogP contribution in [0.4, 0.5) is 0 Å². The van der Waals surface area contributed by atoms with Gasteiger partial charge in [0.1, 0.15) is 11.5 Å². The van der Waals surface area contributed by atoms with Gasteiger partial charge in [0.15, 0.2) is 0 Å². The number of hydrogen-bond donors (Lipinski definition) is 1. The summed E-state index contributed by atoms with van der Waals surface area (Å²) in [5.74, 6) is 1.30. The van der Waals surface area contributed by atoms with E-state index in [9.17, 15) is 4.79 Å². The van der Waals surface area contributed by atoms with Crippen molar-refractivity contribution in [3.05, 3.63) is 76.4 Å². The highest BCUT2D eigenvalue weighted by atomic mass is 16.1. The summed E-state index contributed by atoms with van der Waals surface area (Å²) >= 11 is 0. The first-order chi connectivity index (χ1) is 14.4. The smallest absolute Gasteiger partial charge is 0.258 e. The molecule has 0 aromatic carbocycles. The molecule has 0 atom stereocenters. The van der Waals surface area contributed by atoms with Gasteiger partial charge in [0.2, 0.25) is 0 Å². The fourth-order valence-electron chi connectivity index (χ4n) is 4.12. The van der Waals surface area contributed by atoms with Gasteiger partial charge < -0.3 is 9.88 Å². The summed E-state index contributed by atoms with van der Waals surface area (Å²) < 4.78 is 1.66. The highest BCUT2D eigenvalue weighted by Crippen LogP contribution is 2.28. The summed E-state index contributed by atoms with van der Waals surface area (Å²) in [6.45, 7) is 13.6. The van der Waals surface area contributed by atoms with E-state index in [0.717, 1.165) is 49.6 Å². The van der Waals surface area contributed by atoms with E-state index in [2.05, 4.69) is 39.4 Å². The molecule has 1 saturated heterocycles. The molecular formula is C24H29N5O. The molecule has 4 rings (SSSR count). The first kappa shape index (κ1) is 20.3. The van der Waals surface area contributed by atoms with Gasteiger partial charge >= 0.3 is 0 Å². The van der Waals surface area contributed by atoms with Crippen LogP contribution in [-0.2, 0) is 0 Å². The summed E-state index contributed by atoms with van der Waals surface area (Å²) in [6.07, 6.45) is 7.93. The molecule has 0 bridgehead atoms. The molecule has 30 heavy (non-hydrogen) atoms. The van der Waals surface area contributed by atoms with Gasteiger partial charge in [-0.15, -0.1) is 0 Å². The predicted octanol–water partition coefficient (Wildman–Crippen LogP) is 4.04. The molecule has 0 aliphatic carbocycles. The van der Waals surface area contributed by atoms with E-state index >= 15 is 0 Å². The fourth-order valence-corrected chi connectivity index (χ4v) is 4.12. The lowest BCUT2D eigenvalue weighted by atomic mass is 9.90. The van der Waals surface area contributed by atoms with Crippen LogP contribution in [0.5, 0.6) is 0 Å². The second-order valence-corrected chi connectivity index (χ2v) is 8.15. The lowest BCUT2D eigenvalue weighted by Gasteiger charge is -2.31. The predicted molar refractivity (Wildman–Crippen MR) is 122 cm³/mol. The van der Waals surface area contributed by atoms with E-state index in [1.165, 1.54) is 5.56 Å². The average Bonchev–Trinajstić information content (AvgIpc) is 3.20. The number of aromatic nitrogens is 4. The summed E-state index contributed by atoms with van der Waals surface area (Å²) in [5, 5.41) is 0. The molecule has 0 saturated carbocycles. The zero-order valence-electron chi connectivity index (χ0n) is 18.0. The third-order valence-electron chi connectivity index (χ3n) is 5.98. The Bertz CT molecular complexity index is 1160. The van der Waals surface area contributed by atoms with Crippen LogP contribution >= 0.6 is 0 Å². The van der Waals surface area contributed by atoms with E-state index in [4.69, 9.17) is 0 Å². The third-order valence-corrected chi connectivity index (χ3v) is 5.98. The number of nitrogens with one attached hydrogen (secondary N) is 1. The first-order valence-corrected chi connectivity index (χ1v) is 10.6. The van der Waals surface area contributed by atoms with Crippen LogP contribution in [0.25, 0.3) is 16.8 Å². The van der Waals surface area contributed by atoms with Gasteiger partial charge in [-0.1, -0.05) is 19.6 Å². The molecule has 6 heteroatoms. The molecule has 1 aliphatic rings. The normalized spacial score (nSPS) is 16.3. The number of pyridine rings is 1. The van der Waals surface area contributed by atoms with E-state index in [0.29, 0.717) is 22.8 Å². The van der Waals surface area contributed by atoms with Gasteiger partial charge in [0.05, 0.1) is 5.69 Å². The number of rotatable bonds is 5. The fraction of sp³-hybridized carbons (Fsp3) is 0.375. The Kier molecular flexibility index (Phi) is 5.68. The summed E-state index contributed by atoms with van der Waals surface area (Å²) in [4.78, 5) is 27.5. The van der Waals surface area contributed by atoms with Crippen molar-refractivity contribution in [2.75, 3.05) is 19.6 Å². The highest BCUT2D eigenvalue weighted by molar-refractivity contribution is 5.79. The zero-order chi connectivity index (χ0) is 21.3. The van der Waals surface area contributed by atoms with E-state index < -0.39 is 0 Å². The van der Waals surface area contributed by atoms with Crippen molar-refractivity contribution >= 4 is 16.8 Å². The van der Waals surface area contributed by atoms with Gasteiger partial charge in [-0.3, -0.25) is 9.20 Å². The van der Waals surface area contributed by atoms with Gasteiger partial charge in [0.25, 0.3) is 5.56 Å². The van der Waals surface area contributed by atoms with E-state index in [-0.39, 0.29) is 5.56 Å². The Labute approximate surface area is 177 Å². The van der Waals surface area contributed by atoms with Crippen molar-refractivity contribution in [2.24, 2.45) is 0 Å². The van der Waals surface area contributed by atoms with Crippen LogP contribution in [0.1, 0.15) is 55.4 Å². The van der Waals surface area contributed by atoms with E-state index in [1.54, 1.807) is 16.7 Å². The van der Waals surface area contributed by atoms with Crippen molar-refractivity contribution < 1.29 is 0 Å².